The van der Waals surface area contributed by atoms with Crippen LogP contribution in [0.5, 0.6) is 0 Å². The van der Waals surface area contributed by atoms with Crippen LogP contribution in [0.4, 0.5) is 0 Å². The first-order valence-corrected chi connectivity index (χ1v) is 10.7. The summed E-state index contributed by atoms with van der Waals surface area (Å²) in [5.41, 5.74) is 1.85. The molecule has 2 atom stereocenters. The molecule has 146 valence electrons. The second kappa shape index (κ2) is 7.68. The predicted molar refractivity (Wildman–Crippen MR) is 113 cm³/mol. The van der Waals surface area contributed by atoms with Crippen molar-refractivity contribution in [2.24, 2.45) is 5.92 Å². The van der Waals surface area contributed by atoms with Crippen LogP contribution in [0.3, 0.4) is 0 Å². The predicted octanol–water partition coefficient (Wildman–Crippen LogP) is 4.11. The van der Waals surface area contributed by atoms with Crippen LogP contribution in [0, 0.1) is 5.92 Å². The standard InChI is InChI=1S/C21H22ClN3O2S/c1-12-7-8-15-17(9-12)28-20-19(15)21(27)25(11-23-20)10-18(26)24-13(2)14-5-3-4-6-16(14)22/h3-6,11-13H,7-10H2,1-2H3,(H,24,26)/t12-,13+/m1/s1. The minimum atomic E-state index is -0.246. The number of amides is 1. The van der Waals surface area contributed by atoms with E-state index in [1.54, 1.807) is 17.4 Å². The van der Waals surface area contributed by atoms with Gasteiger partial charge in [-0.15, -0.1) is 11.3 Å². The molecule has 2 heterocycles. The number of rotatable bonds is 4. The Morgan fingerprint density at radius 2 is 2.21 bits per heavy atom. The molecule has 0 spiro atoms. The lowest BCUT2D eigenvalue weighted by Gasteiger charge is -2.17. The third-order valence-corrected chi connectivity index (χ3v) is 6.85. The van der Waals surface area contributed by atoms with Crippen molar-refractivity contribution >= 4 is 39.1 Å². The molecule has 3 aromatic rings. The molecule has 0 radical (unpaired) electrons. The topological polar surface area (TPSA) is 64.0 Å². The Balaban J connectivity index is 1.56. The Hall–Kier alpha value is -2.18. The molecule has 4 rings (SSSR count). The molecule has 0 saturated carbocycles. The first-order valence-electron chi connectivity index (χ1n) is 9.47. The molecular weight excluding hydrogens is 394 g/mol. The van der Waals surface area contributed by atoms with Crippen LogP contribution in [0.15, 0.2) is 35.4 Å². The molecule has 1 aliphatic rings. The summed E-state index contributed by atoms with van der Waals surface area (Å²) in [5, 5.41) is 4.22. The molecular formula is C21H22ClN3O2S. The molecule has 0 unspecified atom stereocenters. The molecule has 1 N–H and O–H groups in total. The maximum absolute atomic E-state index is 13.0. The minimum absolute atomic E-state index is 0.0579. The Bertz CT molecular complexity index is 1100. The number of fused-ring (bicyclic) bond motifs is 3. The van der Waals surface area contributed by atoms with Gasteiger partial charge in [0.2, 0.25) is 5.91 Å². The highest BCUT2D eigenvalue weighted by Gasteiger charge is 2.23. The zero-order valence-corrected chi connectivity index (χ0v) is 17.4. The number of carbonyl (C=O) groups is 1. The first kappa shape index (κ1) is 19.2. The molecule has 0 aliphatic heterocycles. The zero-order chi connectivity index (χ0) is 19.8. The number of halogens is 1. The lowest BCUT2D eigenvalue weighted by molar-refractivity contribution is -0.122. The Morgan fingerprint density at radius 1 is 1.43 bits per heavy atom. The van der Waals surface area contributed by atoms with E-state index >= 15 is 0 Å². The quantitative estimate of drug-likeness (QED) is 0.697. The van der Waals surface area contributed by atoms with Gasteiger partial charge in [-0.3, -0.25) is 14.2 Å². The molecule has 1 aromatic carbocycles. The second-order valence-electron chi connectivity index (χ2n) is 7.52. The molecule has 0 fully saturated rings. The summed E-state index contributed by atoms with van der Waals surface area (Å²) >= 11 is 7.82. The lowest BCUT2D eigenvalue weighted by Crippen LogP contribution is -2.34. The third-order valence-electron chi connectivity index (χ3n) is 5.35. The maximum atomic E-state index is 13.0. The fourth-order valence-corrected chi connectivity index (χ4v) is 5.46. The summed E-state index contributed by atoms with van der Waals surface area (Å²) in [6.45, 7) is 4.06. The Labute approximate surface area is 172 Å². The van der Waals surface area contributed by atoms with Crippen LogP contribution < -0.4 is 10.9 Å². The smallest absolute Gasteiger partial charge is 0.262 e. The van der Waals surface area contributed by atoms with Crippen molar-refractivity contribution in [1.29, 1.82) is 0 Å². The van der Waals surface area contributed by atoms with Crippen molar-refractivity contribution in [1.82, 2.24) is 14.9 Å². The number of carbonyl (C=O) groups excluding carboxylic acids is 1. The van der Waals surface area contributed by atoms with Gasteiger partial charge in [-0.1, -0.05) is 36.7 Å². The molecule has 5 nitrogen and oxygen atoms in total. The van der Waals surface area contributed by atoms with E-state index in [0.29, 0.717) is 16.3 Å². The van der Waals surface area contributed by atoms with Gasteiger partial charge in [-0.05, 0) is 49.3 Å². The normalized spacial score (nSPS) is 17.3. The number of aromatic nitrogens is 2. The summed E-state index contributed by atoms with van der Waals surface area (Å²) < 4.78 is 1.40. The molecule has 7 heteroatoms. The average molecular weight is 416 g/mol. The van der Waals surface area contributed by atoms with Gasteiger partial charge >= 0.3 is 0 Å². The lowest BCUT2D eigenvalue weighted by atomic mass is 9.89. The van der Waals surface area contributed by atoms with Crippen LogP contribution in [0.25, 0.3) is 10.2 Å². The summed E-state index contributed by atoms with van der Waals surface area (Å²) in [5.74, 6) is 0.397. The van der Waals surface area contributed by atoms with E-state index in [1.165, 1.54) is 15.8 Å². The molecule has 1 amide bonds. The van der Waals surface area contributed by atoms with Crippen molar-refractivity contribution in [3.05, 3.63) is 62.0 Å². The van der Waals surface area contributed by atoms with Gasteiger partial charge in [0.15, 0.2) is 0 Å². The number of aryl methyl sites for hydroxylation is 1. The van der Waals surface area contributed by atoms with Crippen LogP contribution in [-0.2, 0) is 24.2 Å². The number of hydrogen-bond donors (Lipinski definition) is 1. The SMILES string of the molecule is C[C@@H]1CCc2c(sc3ncn(CC(=O)N[C@@H](C)c4ccccc4Cl)c(=O)c23)C1. The second-order valence-corrected chi connectivity index (χ2v) is 9.01. The van der Waals surface area contributed by atoms with Crippen LogP contribution >= 0.6 is 22.9 Å². The van der Waals surface area contributed by atoms with Gasteiger partial charge in [0.25, 0.3) is 5.56 Å². The highest BCUT2D eigenvalue weighted by atomic mass is 35.5. The van der Waals surface area contributed by atoms with Gasteiger partial charge in [0.05, 0.1) is 17.8 Å². The first-order chi connectivity index (χ1) is 13.4. The number of nitrogens with zero attached hydrogens (tertiary/aromatic N) is 2. The minimum Gasteiger partial charge on any atom is -0.348 e. The van der Waals surface area contributed by atoms with Crippen molar-refractivity contribution in [3.63, 3.8) is 0 Å². The fraction of sp³-hybridized carbons (Fsp3) is 0.381. The number of hydrogen-bond acceptors (Lipinski definition) is 4. The highest BCUT2D eigenvalue weighted by molar-refractivity contribution is 7.18. The van der Waals surface area contributed by atoms with Crippen molar-refractivity contribution in [2.45, 2.75) is 45.7 Å². The van der Waals surface area contributed by atoms with Gasteiger partial charge in [0.1, 0.15) is 11.4 Å². The van der Waals surface area contributed by atoms with Gasteiger partial charge < -0.3 is 5.32 Å². The van der Waals surface area contributed by atoms with E-state index < -0.39 is 0 Å². The molecule has 1 aliphatic carbocycles. The van der Waals surface area contributed by atoms with E-state index in [9.17, 15) is 9.59 Å². The number of benzene rings is 1. The summed E-state index contributed by atoms with van der Waals surface area (Å²) in [4.78, 5) is 32.1. The van der Waals surface area contributed by atoms with E-state index in [4.69, 9.17) is 11.6 Å². The summed E-state index contributed by atoms with van der Waals surface area (Å²) in [6, 6.07) is 7.16. The van der Waals surface area contributed by atoms with E-state index in [1.807, 2.05) is 25.1 Å². The van der Waals surface area contributed by atoms with Gasteiger partial charge in [-0.2, -0.15) is 0 Å². The van der Waals surface area contributed by atoms with Gasteiger partial charge in [-0.25, -0.2) is 4.98 Å². The van der Waals surface area contributed by atoms with Crippen LogP contribution in [0.1, 0.15) is 42.3 Å². The third kappa shape index (κ3) is 3.59. The zero-order valence-electron chi connectivity index (χ0n) is 15.9. The van der Waals surface area contributed by atoms with E-state index in [2.05, 4.69) is 17.2 Å². The van der Waals surface area contributed by atoms with Crippen molar-refractivity contribution in [3.8, 4) is 0 Å². The number of thiophene rings is 1. The average Bonchev–Trinajstić information content (AvgIpc) is 3.02. The van der Waals surface area contributed by atoms with E-state index in [-0.39, 0.29) is 24.1 Å². The number of nitrogens with one attached hydrogen (secondary N) is 1. The van der Waals surface area contributed by atoms with Gasteiger partial charge in [0, 0.05) is 9.90 Å². The summed E-state index contributed by atoms with van der Waals surface area (Å²) in [6.07, 6.45) is 4.48. The van der Waals surface area contributed by atoms with Crippen molar-refractivity contribution in [2.75, 3.05) is 0 Å². The van der Waals surface area contributed by atoms with E-state index in [0.717, 1.165) is 35.2 Å². The molecule has 0 saturated heterocycles. The van der Waals surface area contributed by atoms with Crippen LogP contribution in [0.2, 0.25) is 5.02 Å². The van der Waals surface area contributed by atoms with Crippen molar-refractivity contribution < 1.29 is 4.79 Å². The fourth-order valence-electron chi connectivity index (χ4n) is 3.82. The Morgan fingerprint density at radius 3 is 3.00 bits per heavy atom. The Kier molecular flexibility index (Phi) is 5.25. The largest absolute Gasteiger partial charge is 0.348 e. The van der Waals surface area contributed by atoms with Crippen LogP contribution in [-0.4, -0.2) is 15.5 Å². The summed E-state index contributed by atoms with van der Waals surface area (Å²) in [7, 11) is 0. The molecule has 2 aromatic heterocycles. The maximum Gasteiger partial charge on any atom is 0.262 e. The molecule has 0 bridgehead atoms. The monoisotopic (exact) mass is 415 g/mol. The molecule has 28 heavy (non-hydrogen) atoms. The highest BCUT2D eigenvalue weighted by Crippen LogP contribution is 2.35.